The number of ether oxygens (including phenoxy) is 2. The Hall–Kier alpha value is -1.06. The highest BCUT2D eigenvalue weighted by atomic mass is 16.5. The average molecular weight is 463 g/mol. The van der Waals surface area contributed by atoms with E-state index in [2.05, 4.69) is 6.92 Å². The Kier molecular flexibility index (Phi) is 12.1. The van der Waals surface area contributed by atoms with E-state index in [1.165, 1.54) is 103 Å². The number of rotatable bonds is 15. The summed E-state index contributed by atoms with van der Waals surface area (Å²) < 4.78 is 9.97. The monoisotopic (exact) mass is 462 g/mol. The summed E-state index contributed by atoms with van der Waals surface area (Å²) in [6.45, 7) is 4.05. The van der Waals surface area contributed by atoms with E-state index in [0.717, 1.165) is 36.0 Å². The number of hydrogen-bond acceptors (Lipinski definition) is 4. The molecule has 3 saturated carbocycles. The van der Waals surface area contributed by atoms with Crippen molar-refractivity contribution >= 4 is 12.9 Å². The van der Waals surface area contributed by atoms with E-state index < -0.39 is 0 Å². The van der Waals surface area contributed by atoms with Gasteiger partial charge in [-0.15, -0.1) is 0 Å². The molecule has 0 heterocycles. The maximum absolute atomic E-state index is 10.6. The fourth-order valence-electron chi connectivity index (χ4n) is 7.53. The predicted molar refractivity (Wildman–Crippen MR) is 133 cm³/mol. The topological polar surface area (TPSA) is 52.6 Å². The third kappa shape index (κ3) is 9.25. The summed E-state index contributed by atoms with van der Waals surface area (Å²) in [5.41, 5.74) is 0. The zero-order valence-corrected chi connectivity index (χ0v) is 21.3. The van der Waals surface area contributed by atoms with Crippen molar-refractivity contribution in [2.75, 3.05) is 13.2 Å². The van der Waals surface area contributed by atoms with Crippen LogP contribution in [0.25, 0.3) is 0 Å². The number of fused-ring (bicyclic) bond motifs is 1. The van der Waals surface area contributed by atoms with E-state index in [1.54, 1.807) is 0 Å². The molecule has 0 aromatic carbocycles. The van der Waals surface area contributed by atoms with E-state index in [-0.39, 0.29) is 5.92 Å². The smallest absolute Gasteiger partial charge is 0.293 e. The number of hydrogen-bond donors (Lipinski definition) is 0. The molecule has 3 aliphatic rings. The van der Waals surface area contributed by atoms with Crippen molar-refractivity contribution in [2.24, 2.45) is 41.4 Å². The van der Waals surface area contributed by atoms with E-state index in [1.807, 2.05) is 0 Å². The third-order valence-electron chi connectivity index (χ3n) is 9.46. The van der Waals surface area contributed by atoms with Gasteiger partial charge in [0.25, 0.3) is 12.9 Å². The lowest BCUT2D eigenvalue weighted by molar-refractivity contribution is -0.134. The zero-order valence-electron chi connectivity index (χ0n) is 21.3. The SMILES string of the molecule is CCCCCC1CCC(CCC2CCC3CC(CC(COC=O)COC=O)CCC3C2)CC1. The highest BCUT2D eigenvalue weighted by molar-refractivity contribution is 5.37. The minimum absolute atomic E-state index is 0.139. The van der Waals surface area contributed by atoms with Crippen LogP contribution in [-0.2, 0) is 19.1 Å². The normalized spacial score (nSPS) is 32.2. The highest BCUT2D eigenvalue weighted by Gasteiger charge is 2.36. The summed E-state index contributed by atoms with van der Waals surface area (Å²) >= 11 is 0. The van der Waals surface area contributed by atoms with Crippen LogP contribution in [0.5, 0.6) is 0 Å². The summed E-state index contributed by atoms with van der Waals surface area (Å²) in [6.07, 6.45) is 24.0. The molecular weight excluding hydrogens is 412 g/mol. The number of unbranched alkanes of at least 4 members (excludes halogenated alkanes) is 2. The van der Waals surface area contributed by atoms with Crippen molar-refractivity contribution in [2.45, 2.75) is 116 Å². The first-order valence-corrected chi connectivity index (χ1v) is 14.3. The molecule has 0 aromatic heterocycles. The second kappa shape index (κ2) is 15.0. The van der Waals surface area contributed by atoms with Gasteiger partial charge in [0.1, 0.15) is 0 Å². The van der Waals surface area contributed by atoms with Crippen LogP contribution in [0.15, 0.2) is 0 Å². The van der Waals surface area contributed by atoms with Crippen LogP contribution in [0, 0.1) is 41.4 Å². The molecule has 190 valence electrons. The Bertz CT molecular complexity index is 530. The molecular formula is C29H50O4. The quantitative estimate of drug-likeness (QED) is 0.189. The molecule has 3 fully saturated rings. The zero-order chi connectivity index (χ0) is 23.3. The van der Waals surface area contributed by atoms with Crippen LogP contribution in [0.3, 0.4) is 0 Å². The van der Waals surface area contributed by atoms with Gasteiger partial charge in [-0.1, -0.05) is 84.0 Å². The molecule has 4 atom stereocenters. The molecule has 33 heavy (non-hydrogen) atoms. The van der Waals surface area contributed by atoms with Crippen molar-refractivity contribution in [3.63, 3.8) is 0 Å². The second-order valence-electron chi connectivity index (χ2n) is 11.8. The van der Waals surface area contributed by atoms with E-state index in [0.29, 0.717) is 32.1 Å². The third-order valence-corrected chi connectivity index (χ3v) is 9.46. The van der Waals surface area contributed by atoms with Crippen LogP contribution in [0.1, 0.15) is 116 Å². The Labute approximate surface area is 202 Å². The Morgan fingerprint density at radius 1 is 0.667 bits per heavy atom. The lowest BCUT2D eigenvalue weighted by atomic mass is 9.63. The van der Waals surface area contributed by atoms with Crippen molar-refractivity contribution < 1.29 is 19.1 Å². The van der Waals surface area contributed by atoms with Crippen LogP contribution in [0.2, 0.25) is 0 Å². The maximum Gasteiger partial charge on any atom is 0.293 e. The maximum atomic E-state index is 10.6. The Balaban J connectivity index is 1.32. The van der Waals surface area contributed by atoms with Crippen molar-refractivity contribution in [3.8, 4) is 0 Å². The lowest BCUT2D eigenvalue weighted by Crippen LogP contribution is -2.32. The fourth-order valence-corrected chi connectivity index (χ4v) is 7.53. The van der Waals surface area contributed by atoms with Crippen LogP contribution in [-0.4, -0.2) is 26.2 Å². The lowest BCUT2D eigenvalue weighted by Gasteiger charge is -2.43. The molecule has 0 bridgehead atoms. The van der Waals surface area contributed by atoms with Crippen LogP contribution >= 0.6 is 0 Å². The largest absolute Gasteiger partial charge is 0.467 e. The van der Waals surface area contributed by atoms with E-state index in [9.17, 15) is 9.59 Å². The van der Waals surface area contributed by atoms with Gasteiger partial charge in [-0.05, 0) is 67.6 Å². The van der Waals surface area contributed by atoms with Gasteiger partial charge in [0.15, 0.2) is 0 Å². The molecule has 3 rings (SSSR count). The van der Waals surface area contributed by atoms with Gasteiger partial charge in [-0.25, -0.2) is 0 Å². The first-order valence-electron chi connectivity index (χ1n) is 14.3. The predicted octanol–water partition coefficient (Wildman–Crippen LogP) is 7.34. The number of carbonyl (C=O) groups is 2. The molecule has 0 aliphatic heterocycles. The van der Waals surface area contributed by atoms with Crippen LogP contribution in [0.4, 0.5) is 0 Å². The van der Waals surface area contributed by atoms with Gasteiger partial charge in [-0.2, -0.15) is 0 Å². The second-order valence-corrected chi connectivity index (χ2v) is 11.8. The molecule has 4 unspecified atom stereocenters. The van der Waals surface area contributed by atoms with Gasteiger partial charge in [0.05, 0.1) is 13.2 Å². The summed E-state index contributed by atoms with van der Waals surface area (Å²) in [5.74, 6) is 5.67. The molecule has 4 nitrogen and oxygen atoms in total. The molecule has 0 saturated heterocycles. The molecule has 0 radical (unpaired) electrons. The fraction of sp³-hybridized carbons (Fsp3) is 0.931. The van der Waals surface area contributed by atoms with Crippen molar-refractivity contribution in [1.29, 1.82) is 0 Å². The average Bonchev–Trinajstić information content (AvgIpc) is 2.85. The van der Waals surface area contributed by atoms with E-state index >= 15 is 0 Å². The Morgan fingerprint density at radius 2 is 1.18 bits per heavy atom. The summed E-state index contributed by atoms with van der Waals surface area (Å²) in [4.78, 5) is 21.2. The van der Waals surface area contributed by atoms with Crippen molar-refractivity contribution in [1.82, 2.24) is 0 Å². The van der Waals surface area contributed by atoms with Gasteiger partial charge < -0.3 is 9.47 Å². The minimum atomic E-state index is 0.139. The number of carbonyl (C=O) groups excluding carboxylic acids is 2. The molecule has 0 N–H and O–H groups in total. The Morgan fingerprint density at radius 3 is 1.79 bits per heavy atom. The van der Waals surface area contributed by atoms with Crippen molar-refractivity contribution in [3.05, 3.63) is 0 Å². The van der Waals surface area contributed by atoms with Gasteiger partial charge >= 0.3 is 0 Å². The summed E-state index contributed by atoms with van der Waals surface area (Å²) in [5, 5.41) is 0. The van der Waals surface area contributed by atoms with E-state index in [4.69, 9.17) is 9.47 Å². The van der Waals surface area contributed by atoms with Gasteiger partial charge in [-0.3, -0.25) is 9.59 Å². The summed E-state index contributed by atoms with van der Waals surface area (Å²) in [6, 6.07) is 0. The van der Waals surface area contributed by atoms with Crippen LogP contribution < -0.4 is 0 Å². The highest BCUT2D eigenvalue weighted by Crippen LogP contribution is 2.47. The molecule has 0 spiro atoms. The van der Waals surface area contributed by atoms with Gasteiger partial charge in [0.2, 0.25) is 0 Å². The molecule has 3 aliphatic carbocycles. The molecule has 0 aromatic rings. The summed E-state index contributed by atoms with van der Waals surface area (Å²) in [7, 11) is 0. The first kappa shape index (κ1) is 26.5. The molecule has 0 amide bonds. The first-order chi connectivity index (χ1) is 16.2. The molecule has 4 heteroatoms. The van der Waals surface area contributed by atoms with Gasteiger partial charge in [0, 0.05) is 5.92 Å². The standard InChI is InChI=1S/C29H50O4/c1-2-3-4-5-23-6-8-24(9-7-23)10-11-25-12-14-29-18-26(13-15-28(29)17-25)16-27(19-32-21-30)20-33-22-31/h21-29H,2-20H2,1H3. The minimum Gasteiger partial charge on any atom is -0.467 e.